The number of hydrogen-bond acceptors (Lipinski definition) is 6. The van der Waals surface area contributed by atoms with Crippen molar-refractivity contribution < 1.29 is 32.4 Å². The lowest BCUT2D eigenvalue weighted by Crippen LogP contribution is -2.65. The molecular formula is C35H47BF2N4O5. The predicted molar refractivity (Wildman–Crippen MR) is 173 cm³/mol. The van der Waals surface area contributed by atoms with Crippen LogP contribution in [-0.4, -0.2) is 90.3 Å². The molecule has 3 saturated heterocycles. The first-order valence-corrected chi connectivity index (χ1v) is 17.0. The van der Waals surface area contributed by atoms with Gasteiger partial charge in [0, 0.05) is 25.0 Å². The maximum atomic E-state index is 13.9. The maximum absolute atomic E-state index is 13.9. The Bertz CT molecular complexity index is 1430. The fourth-order valence-corrected chi connectivity index (χ4v) is 8.67. The lowest BCUT2D eigenvalue weighted by molar-refractivity contribution is -0.199. The van der Waals surface area contributed by atoms with Crippen LogP contribution in [0.2, 0.25) is 0 Å². The first-order chi connectivity index (χ1) is 22.1. The summed E-state index contributed by atoms with van der Waals surface area (Å²) in [6.45, 7) is 18.3. The summed E-state index contributed by atoms with van der Waals surface area (Å²) in [6.07, 6.45) is 3.75. The van der Waals surface area contributed by atoms with Crippen molar-refractivity contribution in [3.05, 3.63) is 59.1 Å². The number of amides is 2. The number of benzene rings is 1. The molecule has 47 heavy (non-hydrogen) atoms. The standard InChI is InChI=1S/C35H47BF2N4O5/c1-32(2,42-16-14-35(37,38)22-42)20-26(39-6)30(43)41-15-10-13-25(21-41)45-31(44)40-29(17-23-11-8-7-9-12-23)36-46-28-19-24-18-27(33(24,3)4)34(28,5)47-36/h7-9,11-12,20,24-25,27-29H,10,13-19,21-22H2,1-5H3,(H,40,44)/t24-,25-,27-,28+,29-,34-/m0/s1. The van der Waals surface area contributed by atoms with Gasteiger partial charge in [0.2, 0.25) is 5.70 Å². The summed E-state index contributed by atoms with van der Waals surface area (Å²) in [5.41, 5.74) is -0.223. The Morgan fingerprint density at radius 1 is 1.21 bits per heavy atom. The number of piperidine rings is 1. The summed E-state index contributed by atoms with van der Waals surface area (Å²) in [5, 5.41) is 3.04. The van der Waals surface area contributed by atoms with Gasteiger partial charge in [-0.05, 0) is 75.7 Å². The van der Waals surface area contributed by atoms with Crippen molar-refractivity contribution in [2.24, 2.45) is 17.3 Å². The van der Waals surface area contributed by atoms with E-state index in [0.29, 0.717) is 37.6 Å². The number of rotatable bonds is 8. The molecule has 0 unspecified atom stereocenters. The van der Waals surface area contributed by atoms with Crippen LogP contribution in [0.15, 0.2) is 42.1 Å². The highest BCUT2D eigenvalue weighted by Crippen LogP contribution is 2.65. The van der Waals surface area contributed by atoms with Gasteiger partial charge < -0.3 is 24.3 Å². The Morgan fingerprint density at radius 3 is 2.62 bits per heavy atom. The molecule has 1 aromatic rings. The number of likely N-dealkylation sites (tertiary alicyclic amines) is 2. The number of ether oxygens (including phenoxy) is 1. The number of carbonyl (C=O) groups excluding carboxylic acids is 2. The van der Waals surface area contributed by atoms with Crippen molar-refractivity contribution in [1.29, 1.82) is 0 Å². The average molecular weight is 653 g/mol. The van der Waals surface area contributed by atoms with E-state index in [4.69, 9.17) is 20.6 Å². The molecule has 2 bridgehead atoms. The largest absolute Gasteiger partial charge is 0.482 e. The molecule has 1 aromatic carbocycles. The second kappa shape index (κ2) is 12.5. The van der Waals surface area contributed by atoms with E-state index in [2.05, 4.69) is 30.9 Å². The van der Waals surface area contributed by atoms with Gasteiger partial charge in [-0.25, -0.2) is 18.4 Å². The molecular weight excluding hydrogens is 605 g/mol. The molecule has 12 heteroatoms. The zero-order chi connectivity index (χ0) is 33.8. The number of nitrogens with one attached hydrogen (secondary N) is 1. The van der Waals surface area contributed by atoms with Crippen molar-refractivity contribution in [2.75, 3.05) is 26.2 Å². The molecule has 7 rings (SSSR count). The third-order valence-corrected chi connectivity index (χ3v) is 11.7. The molecule has 0 radical (unpaired) electrons. The van der Waals surface area contributed by atoms with Crippen LogP contribution >= 0.6 is 0 Å². The Balaban J connectivity index is 1.10. The number of carbonyl (C=O) groups is 2. The minimum atomic E-state index is -2.78. The van der Waals surface area contributed by atoms with Gasteiger partial charge >= 0.3 is 13.2 Å². The first kappa shape index (κ1) is 33.9. The fourth-order valence-electron chi connectivity index (χ4n) is 8.67. The second-order valence-electron chi connectivity index (χ2n) is 15.5. The van der Waals surface area contributed by atoms with E-state index in [-0.39, 0.29) is 36.7 Å². The highest BCUT2D eigenvalue weighted by molar-refractivity contribution is 6.47. The van der Waals surface area contributed by atoms with Crippen LogP contribution in [0.5, 0.6) is 0 Å². The molecule has 6 atom stereocenters. The van der Waals surface area contributed by atoms with Crippen LogP contribution in [0.25, 0.3) is 4.85 Å². The Kier molecular flexibility index (Phi) is 8.98. The molecule has 3 heterocycles. The van der Waals surface area contributed by atoms with Gasteiger partial charge in [-0.2, -0.15) is 0 Å². The molecule has 0 aromatic heterocycles. The number of halogens is 2. The van der Waals surface area contributed by atoms with Crippen molar-refractivity contribution in [3.63, 3.8) is 0 Å². The number of alkyl carbamates (subject to hydrolysis) is 1. The zero-order valence-electron chi connectivity index (χ0n) is 28.1. The lowest BCUT2D eigenvalue weighted by Gasteiger charge is -2.64. The molecule has 9 nitrogen and oxygen atoms in total. The molecule has 3 saturated carbocycles. The van der Waals surface area contributed by atoms with Gasteiger partial charge in [0.1, 0.15) is 6.10 Å². The summed E-state index contributed by atoms with van der Waals surface area (Å²) in [6, 6.07) is 9.88. The topological polar surface area (TPSA) is 84.7 Å². The van der Waals surface area contributed by atoms with Gasteiger partial charge in [-0.3, -0.25) is 9.69 Å². The molecule has 254 valence electrons. The normalized spacial score (nSPS) is 32.2. The van der Waals surface area contributed by atoms with E-state index in [1.54, 1.807) is 18.7 Å². The number of hydrogen-bond donors (Lipinski definition) is 1. The van der Waals surface area contributed by atoms with Crippen LogP contribution in [0.4, 0.5) is 13.6 Å². The van der Waals surface area contributed by atoms with Crippen LogP contribution in [0.3, 0.4) is 0 Å². The minimum absolute atomic E-state index is 0.0325. The van der Waals surface area contributed by atoms with E-state index >= 15 is 0 Å². The molecule has 6 aliphatic rings. The van der Waals surface area contributed by atoms with Gasteiger partial charge in [-0.1, -0.05) is 50.3 Å². The van der Waals surface area contributed by atoms with E-state index in [1.165, 1.54) is 11.0 Å². The van der Waals surface area contributed by atoms with Gasteiger partial charge in [0.05, 0.1) is 37.3 Å². The summed E-state index contributed by atoms with van der Waals surface area (Å²) in [5.74, 6) is -2.78. The quantitative estimate of drug-likeness (QED) is 0.227. The van der Waals surface area contributed by atoms with E-state index < -0.39 is 54.8 Å². The SMILES string of the molecule is [C-]#[N+]C(=CC(C)(C)N1CCC(F)(F)C1)C(=O)N1CCC[C@H](OC(=O)N[C@@H](Cc2ccccc2)B2O[C@@H]3C[C@@H]4C[C@@H](C4(C)C)[C@]3(C)O2)C1. The van der Waals surface area contributed by atoms with Crippen LogP contribution < -0.4 is 5.32 Å². The predicted octanol–water partition coefficient (Wildman–Crippen LogP) is 5.51. The van der Waals surface area contributed by atoms with Crippen molar-refractivity contribution >= 4 is 19.1 Å². The average Bonchev–Trinajstić information content (AvgIpc) is 3.58. The Labute approximate surface area is 277 Å². The fraction of sp³-hybridized carbons (Fsp3) is 0.686. The molecule has 3 aliphatic carbocycles. The molecule has 1 N–H and O–H groups in total. The summed E-state index contributed by atoms with van der Waals surface area (Å²) >= 11 is 0. The smallest absolute Gasteiger partial charge is 0.444 e. The third-order valence-electron chi connectivity index (χ3n) is 11.7. The Morgan fingerprint density at radius 2 is 1.96 bits per heavy atom. The van der Waals surface area contributed by atoms with E-state index in [9.17, 15) is 18.4 Å². The Hall–Kier alpha value is -3.01. The third kappa shape index (κ3) is 6.68. The van der Waals surface area contributed by atoms with Crippen LogP contribution in [-0.2, 0) is 25.3 Å². The highest BCUT2D eigenvalue weighted by Gasteiger charge is 2.68. The first-order valence-electron chi connectivity index (χ1n) is 17.0. The lowest BCUT2D eigenvalue weighted by atomic mass is 9.43. The van der Waals surface area contributed by atoms with E-state index in [1.807, 2.05) is 30.3 Å². The van der Waals surface area contributed by atoms with Gasteiger partial charge in [0.25, 0.3) is 11.8 Å². The second-order valence-corrected chi connectivity index (χ2v) is 15.5. The van der Waals surface area contributed by atoms with E-state index in [0.717, 1.165) is 18.4 Å². The highest BCUT2D eigenvalue weighted by atomic mass is 19.3. The molecule has 0 spiro atoms. The zero-order valence-corrected chi connectivity index (χ0v) is 28.1. The van der Waals surface area contributed by atoms with Crippen LogP contribution in [0, 0.1) is 23.8 Å². The summed E-state index contributed by atoms with van der Waals surface area (Å²) in [7, 11) is -0.636. The van der Waals surface area contributed by atoms with Gasteiger partial charge in [-0.15, -0.1) is 0 Å². The maximum Gasteiger partial charge on any atom is 0.482 e. The molecule has 3 aliphatic heterocycles. The van der Waals surface area contributed by atoms with Crippen molar-refractivity contribution in [2.45, 2.75) is 108 Å². The van der Waals surface area contributed by atoms with Crippen LogP contribution in [0.1, 0.15) is 72.3 Å². The van der Waals surface area contributed by atoms with Crippen molar-refractivity contribution in [1.82, 2.24) is 15.1 Å². The molecule has 6 fully saturated rings. The number of alkyl halides is 2. The number of nitrogens with zero attached hydrogens (tertiary/aromatic N) is 3. The molecule has 2 amide bonds. The monoisotopic (exact) mass is 652 g/mol. The van der Waals surface area contributed by atoms with Gasteiger partial charge in [0.15, 0.2) is 0 Å². The summed E-state index contributed by atoms with van der Waals surface area (Å²) in [4.78, 5) is 33.5. The summed E-state index contributed by atoms with van der Waals surface area (Å²) < 4.78 is 46.9. The van der Waals surface area contributed by atoms with Crippen molar-refractivity contribution in [3.8, 4) is 0 Å². The minimum Gasteiger partial charge on any atom is -0.444 e.